The number of nitrogens with zero attached hydrogens (tertiary/aromatic N) is 2. The van der Waals surface area contributed by atoms with Gasteiger partial charge in [-0.15, -0.1) is 0 Å². The first-order chi connectivity index (χ1) is 21.2. The molecular formula is C33H35ClFN3O6. The lowest BCUT2D eigenvalue weighted by Crippen LogP contribution is -2.27. The van der Waals surface area contributed by atoms with Crippen LogP contribution >= 0.6 is 11.6 Å². The predicted octanol–water partition coefficient (Wildman–Crippen LogP) is 8.22. The maximum Gasteiger partial charge on any atom is 0.268 e. The van der Waals surface area contributed by atoms with Crippen molar-refractivity contribution in [3.05, 3.63) is 76.8 Å². The molecule has 9 nitrogen and oxygen atoms in total. The zero-order valence-electron chi connectivity index (χ0n) is 25.3. The SMILES string of the molecule is CCCCCCc1onc(-c2cccc(F)c2Cl)c1C(=O)N(c1cccc(NC(C)=O)c1)c1cc(OC)c(OC)c(OC)c1. The minimum absolute atomic E-state index is 0.112. The number of nitrogens with one attached hydrogen (secondary N) is 1. The standard InChI is InChI=1S/C33H35ClFN3O6/c1-6-7-8-9-16-26-29(31(37-44-26)24-14-11-15-25(35)30(24)34)33(40)38(22-13-10-12-21(17-22)36-20(2)39)23-18-27(41-3)32(43-5)28(19-23)42-4/h10-15,17-19H,6-9,16H2,1-5H3,(H,36,39). The van der Waals surface area contributed by atoms with Crippen LogP contribution in [-0.4, -0.2) is 38.3 Å². The van der Waals surface area contributed by atoms with Crippen molar-refractivity contribution in [2.45, 2.75) is 46.0 Å². The Morgan fingerprint density at radius 3 is 2.30 bits per heavy atom. The normalized spacial score (nSPS) is 10.8. The first kappa shape index (κ1) is 32.3. The lowest BCUT2D eigenvalue weighted by atomic mass is 10.0. The molecule has 1 heterocycles. The first-order valence-corrected chi connectivity index (χ1v) is 14.6. The Morgan fingerprint density at radius 1 is 0.955 bits per heavy atom. The Hall–Kier alpha value is -4.57. The van der Waals surface area contributed by atoms with Gasteiger partial charge in [0.1, 0.15) is 22.8 Å². The van der Waals surface area contributed by atoms with Crippen molar-refractivity contribution in [3.8, 4) is 28.5 Å². The highest BCUT2D eigenvalue weighted by molar-refractivity contribution is 6.33. The molecule has 0 aliphatic rings. The minimum atomic E-state index is -0.653. The molecule has 1 N–H and O–H groups in total. The molecule has 44 heavy (non-hydrogen) atoms. The van der Waals surface area contributed by atoms with E-state index in [4.69, 9.17) is 30.3 Å². The van der Waals surface area contributed by atoms with Gasteiger partial charge in [-0.2, -0.15) is 0 Å². The summed E-state index contributed by atoms with van der Waals surface area (Å²) in [5.74, 6) is -0.138. The van der Waals surface area contributed by atoms with Crippen LogP contribution in [0.15, 0.2) is 59.1 Å². The highest BCUT2D eigenvalue weighted by atomic mass is 35.5. The number of aryl methyl sites for hydroxylation is 1. The average Bonchev–Trinajstić information content (AvgIpc) is 3.43. The molecular weight excluding hydrogens is 589 g/mol. The molecule has 4 aromatic rings. The van der Waals surface area contributed by atoms with Crippen molar-refractivity contribution < 1.29 is 32.7 Å². The zero-order valence-corrected chi connectivity index (χ0v) is 26.1. The molecule has 1 aromatic heterocycles. The second-order valence-electron chi connectivity index (χ2n) is 10.00. The molecule has 2 amide bonds. The Balaban J connectivity index is 1.97. The van der Waals surface area contributed by atoms with Gasteiger partial charge in [-0.05, 0) is 30.7 Å². The van der Waals surface area contributed by atoms with E-state index in [9.17, 15) is 14.0 Å². The van der Waals surface area contributed by atoms with Crippen molar-refractivity contribution in [3.63, 3.8) is 0 Å². The third-order valence-corrected chi connectivity index (χ3v) is 7.36. The number of unbranched alkanes of at least 4 members (excludes halogenated alkanes) is 3. The average molecular weight is 624 g/mol. The van der Waals surface area contributed by atoms with Crippen molar-refractivity contribution in [1.29, 1.82) is 0 Å². The summed E-state index contributed by atoms with van der Waals surface area (Å²) in [5.41, 5.74) is 1.70. The summed E-state index contributed by atoms with van der Waals surface area (Å²) in [5, 5.41) is 6.80. The van der Waals surface area contributed by atoms with Crippen molar-refractivity contribution in [2.75, 3.05) is 31.5 Å². The maximum absolute atomic E-state index is 14.9. The van der Waals surface area contributed by atoms with Crippen molar-refractivity contribution in [1.82, 2.24) is 5.16 Å². The quantitative estimate of drug-likeness (QED) is 0.150. The molecule has 0 saturated heterocycles. The lowest BCUT2D eigenvalue weighted by molar-refractivity contribution is -0.114. The number of hydrogen-bond donors (Lipinski definition) is 1. The predicted molar refractivity (Wildman–Crippen MR) is 168 cm³/mol. The van der Waals surface area contributed by atoms with Gasteiger partial charge in [0, 0.05) is 36.7 Å². The van der Waals surface area contributed by atoms with Gasteiger partial charge in [0.2, 0.25) is 11.7 Å². The number of carbonyl (C=O) groups excluding carboxylic acids is 2. The largest absolute Gasteiger partial charge is 0.493 e. The molecule has 0 fully saturated rings. The summed E-state index contributed by atoms with van der Waals surface area (Å²) in [7, 11) is 4.43. The number of rotatable bonds is 13. The number of aromatic nitrogens is 1. The Kier molecular flexibility index (Phi) is 10.8. The van der Waals surface area contributed by atoms with Gasteiger partial charge in [-0.25, -0.2) is 4.39 Å². The molecule has 0 saturated carbocycles. The van der Waals surface area contributed by atoms with Gasteiger partial charge in [-0.3, -0.25) is 14.5 Å². The number of halogens is 2. The summed E-state index contributed by atoms with van der Waals surface area (Å²) in [6.07, 6.45) is 4.16. The van der Waals surface area contributed by atoms with Crippen LogP contribution in [0.4, 0.5) is 21.5 Å². The van der Waals surface area contributed by atoms with E-state index in [2.05, 4.69) is 17.4 Å². The summed E-state index contributed by atoms with van der Waals surface area (Å²) >= 11 is 6.39. The van der Waals surface area contributed by atoms with Gasteiger partial charge in [0.05, 0.1) is 37.7 Å². The number of benzene rings is 3. The van der Waals surface area contributed by atoms with E-state index in [1.54, 1.807) is 42.5 Å². The highest BCUT2D eigenvalue weighted by Gasteiger charge is 2.32. The smallest absolute Gasteiger partial charge is 0.268 e. The number of carbonyl (C=O) groups is 2. The summed E-state index contributed by atoms with van der Waals surface area (Å²) in [4.78, 5) is 28.2. The highest BCUT2D eigenvalue weighted by Crippen LogP contribution is 2.44. The second-order valence-corrected chi connectivity index (χ2v) is 10.4. The van der Waals surface area contributed by atoms with E-state index in [0.717, 1.165) is 25.7 Å². The third kappa shape index (κ3) is 6.97. The van der Waals surface area contributed by atoms with Crippen LogP contribution in [0.3, 0.4) is 0 Å². The van der Waals surface area contributed by atoms with Gasteiger partial charge < -0.3 is 24.1 Å². The molecule has 0 spiro atoms. The van der Waals surface area contributed by atoms with Crippen LogP contribution in [0.5, 0.6) is 17.2 Å². The third-order valence-electron chi connectivity index (χ3n) is 6.98. The molecule has 3 aromatic carbocycles. The number of methoxy groups -OCH3 is 3. The van der Waals surface area contributed by atoms with Crippen LogP contribution in [0, 0.1) is 5.82 Å². The van der Waals surface area contributed by atoms with E-state index < -0.39 is 11.7 Å². The molecule has 0 radical (unpaired) electrons. The van der Waals surface area contributed by atoms with E-state index in [1.165, 1.54) is 45.3 Å². The summed E-state index contributed by atoms with van der Waals surface area (Å²) in [6, 6.07) is 14.4. The number of ether oxygens (including phenoxy) is 3. The summed E-state index contributed by atoms with van der Waals surface area (Å²) in [6.45, 7) is 3.50. The molecule has 0 aliphatic carbocycles. The molecule has 0 unspecified atom stereocenters. The fourth-order valence-electron chi connectivity index (χ4n) is 4.92. The van der Waals surface area contributed by atoms with Gasteiger partial charge in [0.25, 0.3) is 5.91 Å². The monoisotopic (exact) mass is 623 g/mol. The lowest BCUT2D eigenvalue weighted by Gasteiger charge is -2.26. The molecule has 0 aliphatic heterocycles. The molecule has 11 heteroatoms. The fourth-order valence-corrected chi connectivity index (χ4v) is 5.13. The van der Waals surface area contributed by atoms with E-state index >= 15 is 0 Å². The van der Waals surface area contributed by atoms with Crippen LogP contribution in [-0.2, 0) is 11.2 Å². The van der Waals surface area contributed by atoms with Crippen molar-refractivity contribution in [2.24, 2.45) is 0 Å². The Labute approximate surface area is 260 Å². The van der Waals surface area contributed by atoms with E-state index in [0.29, 0.717) is 46.5 Å². The maximum atomic E-state index is 14.9. The Bertz CT molecular complexity index is 1610. The van der Waals surface area contributed by atoms with Crippen LogP contribution in [0.2, 0.25) is 5.02 Å². The van der Waals surface area contributed by atoms with Crippen molar-refractivity contribution >= 4 is 40.5 Å². The molecule has 0 atom stereocenters. The topological polar surface area (TPSA) is 103 Å². The molecule has 4 rings (SSSR count). The second kappa shape index (κ2) is 14.7. The number of amides is 2. The fraction of sp³-hybridized carbons (Fsp3) is 0.303. The van der Waals surface area contributed by atoms with Crippen LogP contribution in [0.1, 0.15) is 55.6 Å². The first-order valence-electron chi connectivity index (χ1n) is 14.2. The van der Waals surface area contributed by atoms with E-state index in [-0.39, 0.29) is 27.8 Å². The molecule has 232 valence electrons. The van der Waals surface area contributed by atoms with Gasteiger partial charge >= 0.3 is 0 Å². The Morgan fingerprint density at radius 2 is 1.66 bits per heavy atom. The minimum Gasteiger partial charge on any atom is -0.493 e. The van der Waals surface area contributed by atoms with Gasteiger partial charge in [-0.1, -0.05) is 61.1 Å². The van der Waals surface area contributed by atoms with Crippen LogP contribution in [0.25, 0.3) is 11.3 Å². The zero-order chi connectivity index (χ0) is 31.8. The summed E-state index contributed by atoms with van der Waals surface area (Å²) < 4.78 is 37.0. The van der Waals surface area contributed by atoms with Gasteiger partial charge in [0.15, 0.2) is 11.5 Å². The number of anilines is 3. The number of hydrogen-bond acceptors (Lipinski definition) is 7. The molecule has 0 bridgehead atoms. The van der Waals surface area contributed by atoms with Crippen LogP contribution < -0.4 is 24.4 Å². The van der Waals surface area contributed by atoms with E-state index in [1.807, 2.05) is 0 Å².